The molecule has 1 heterocycles. The van der Waals surface area contributed by atoms with E-state index in [1.165, 1.54) is 6.92 Å². The van der Waals surface area contributed by atoms with Crippen LogP contribution in [0.4, 0.5) is 0 Å². The summed E-state index contributed by atoms with van der Waals surface area (Å²) in [5.41, 5.74) is 0. The standard InChI is InChI=1S/C6H14N2/c1-5-3-7-4-6(2)8-5/h5-8H,3-4H2,1-2H3/i3D2,5D. The van der Waals surface area contributed by atoms with E-state index in [-0.39, 0.29) is 6.04 Å². The second-order valence-corrected chi connectivity index (χ2v) is 2.18. The van der Waals surface area contributed by atoms with Crippen LogP contribution < -0.4 is 10.6 Å². The van der Waals surface area contributed by atoms with Crippen molar-refractivity contribution in [2.75, 3.05) is 13.0 Å². The molecule has 2 N–H and O–H groups in total. The lowest BCUT2D eigenvalue weighted by Crippen LogP contribution is -2.52. The first-order valence-corrected chi connectivity index (χ1v) is 2.88. The minimum absolute atomic E-state index is 0.154. The molecule has 0 aromatic carbocycles. The van der Waals surface area contributed by atoms with Crippen LogP contribution in [0.25, 0.3) is 0 Å². The molecule has 2 atom stereocenters. The third-order valence-corrected chi connectivity index (χ3v) is 1.15. The molecule has 1 fully saturated rings. The molecule has 0 aromatic rings. The van der Waals surface area contributed by atoms with Crippen molar-refractivity contribution in [1.29, 1.82) is 0 Å². The van der Waals surface area contributed by atoms with E-state index in [9.17, 15) is 0 Å². The van der Waals surface area contributed by atoms with Gasteiger partial charge in [-0.3, -0.25) is 0 Å². The molecule has 2 heteroatoms. The zero-order valence-corrected chi connectivity index (χ0v) is 5.28. The number of rotatable bonds is 0. The van der Waals surface area contributed by atoms with Gasteiger partial charge in [-0.1, -0.05) is 0 Å². The zero-order chi connectivity index (χ0) is 8.70. The topological polar surface area (TPSA) is 24.1 Å². The van der Waals surface area contributed by atoms with Crippen molar-refractivity contribution < 1.29 is 4.11 Å². The molecule has 0 bridgehead atoms. The van der Waals surface area contributed by atoms with Crippen molar-refractivity contribution in [3.05, 3.63) is 0 Å². The molecular formula is C6H14N2. The molecule has 1 aliphatic heterocycles. The van der Waals surface area contributed by atoms with Gasteiger partial charge in [-0.15, -0.1) is 0 Å². The molecule has 1 aliphatic rings. The van der Waals surface area contributed by atoms with Gasteiger partial charge in [-0.2, -0.15) is 0 Å². The Labute approximate surface area is 54.9 Å². The molecule has 0 spiro atoms. The molecule has 8 heavy (non-hydrogen) atoms. The van der Waals surface area contributed by atoms with Crippen LogP contribution in [-0.4, -0.2) is 25.1 Å². The highest BCUT2D eigenvalue weighted by Gasteiger charge is 2.11. The van der Waals surface area contributed by atoms with E-state index in [2.05, 4.69) is 10.6 Å². The molecule has 0 saturated carbocycles. The minimum atomic E-state index is -1.64. The highest BCUT2D eigenvalue weighted by Crippen LogP contribution is 1.90. The Bertz CT molecular complexity index is 158. The summed E-state index contributed by atoms with van der Waals surface area (Å²) in [5.74, 6) is 0. The molecule has 48 valence electrons. The van der Waals surface area contributed by atoms with Crippen molar-refractivity contribution in [1.82, 2.24) is 10.6 Å². The Morgan fingerprint density at radius 3 is 3.00 bits per heavy atom. The fourth-order valence-corrected chi connectivity index (χ4v) is 0.793. The van der Waals surface area contributed by atoms with Gasteiger partial charge in [0.15, 0.2) is 0 Å². The van der Waals surface area contributed by atoms with Gasteiger partial charge in [-0.05, 0) is 13.8 Å². The smallest absolute Gasteiger partial charge is 0.0475 e. The van der Waals surface area contributed by atoms with Crippen LogP contribution in [0.3, 0.4) is 0 Å². The second kappa shape index (κ2) is 2.46. The van der Waals surface area contributed by atoms with Crippen LogP contribution in [-0.2, 0) is 0 Å². The molecule has 0 amide bonds. The largest absolute Gasteiger partial charge is 0.314 e. The molecular weight excluding hydrogens is 100 g/mol. The SMILES string of the molecule is [2H]C1([2H])NCC(C)NC1([2H])C. The van der Waals surface area contributed by atoms with Crippen molar-refractivity contribution in [3.63, 3.8) is 0 Å². The van der Waals surface area contributed by atoms with Crippen LogP contribution in [0.15, 0.2) is 0 Å². The number of hydrogen-bond donors (Lipinski definition) is 2. The molecule has 0 radical (unpaired) electrons. The van der Waals surface area contributed by atoms with Gasteiger partial charge in [0.05, 0.1) is 0 Å². The maximum atomic E-state index is 7.61. The van der Waals surface area contributed by atoms with E-state index in [4.69, 9.17) is 4.11 Å². The average Bonchev–Trinajstić information content (AvgIpc) is 1.80. The van der Waals surface area contributed by atoms with Gasteiger partial charge >= 0.3 is 0 Å². The normalized spacial score (nSPS) is 60.8. The summed E-state index contributed by atoms with van der Waals surface area (Å²) in [6.07, 6.45) is 0. The van der Waals surface area contributed by atoms with Gasteiger partial charge in [0, 0.05) is 29.2 Å². The predicted molar refractivity (Wildman–Crippen MR) is 34.9 cm³/mol. The molecule has 0 aromatic heterocycles. The Morgan fingerprint density at radius 1 is 1.75 bits per heavy atom. The first-order valence-electron chi connectivity index (χ1n) is 4.38. The van der Waals surface area contributed by atoms with E-state index in [0.717, 1.165) is 0 Å². The molecule has 2 unspecified atom stereocenters. The summed E-state index contributed by atoms with van der Waals surface area (Å²) in [7, 11) is 0. The fourth-order valence-electron chi connectivity index (χ4n) is 0.793. The fraction of sp³-hybridized carbons (Fsp3) is 1.00. The molecule has 1 saturated heterocycles. The Kier molecular flexibility index (Phi) is 0.980. The highest BCUT2D eigenvalue weighted by molar-refractivity contribution is 4.76. The van der Waals surface area contributed by atoms with E-state index in [1.54, 1.807) is 0 Å². The van der Waals surface area contributed by atoms with Crippen LogP contribution in [0.5, 0.6) is 0 Å². The Morgan fingerprint density at radius 2 is 2.50 bits per heavy atom. The van der Waals surface area contributed by atoms with Gasteiger partial charge in [0.2, 0.25) is 0 Å². The number of hydrogen-bond acceptors (Lipinski definition) is 2. The van der Waals surface area contributed by atoms with E-state index in [1.807, 2.05) is 6.92 Å². The van der Waals surface area contributed by atoms with Gasteiger partial charge in [-0.25, -0.2) is 0 Å². The summed E-state index contributed by atoms with van der Waals surface area (Å²) < 4.78 is 22.5. The first kappa shape index (κ1) is 3.18. The predicted octanol–water partition coefficient (Wildman–Crippen LogP) is -0.0438. The number of piperazine rings is 1. The van der Waals surface area contributed by atoms with Crippen molar-refractivity contribution in [2.24, 2.45) is 0 Å². The third kappa shape index (κ3) is 1.46. The van der Waals surface area contributed by atoms with Crippen LogP contribution in [0, 0.1) is 0 Å². The van der Waals surface area contributed by atoms with E-state index in [0.29, 0.717) is 6.54 Å². The van der Waals surface area contributed by atoms with Gasteiger partial charge < -0.3 is 10.6 Å². The van der Waals surface area contributed by atoms with Crippen molar-refractivity contribution in [2.45, 2.75) is 25.9 Å². The second-order valence-electron chi connectivity index (χ2n) is 2.18. The average molecular weight is 117 g/mol. The molecule has 1 rings (SSSR count). The maximum Gasteiger partial charge on any atom is 0.0475 e. The summed E-state index contributed by atoms with van der Waals surface area (Å²) >= 11 is 0. The Hall–Kier alpha value is -0.0800. The summed E-state index contributed by atoms with van der Waals surface area (Å²) in [6, 6.07) is -1.08. The van der Waals surface area contributed by atoms with Crippen LogP contribution in [0.1, 0.15) is 18.0 Å². The number of nitrogens with one attached hydrogen (secondary N) is 2. The summed E-state index contributed by atoms with van der Waals surface area (Å²) in [4.78, 5) is 0. The van der Waals surface area contributed by atoms with E-state index < -0.39 is 12.5 Å². The van der Waals surface area contributed by atoms with E-state index >= 15 is 0 Å². The first-order chi connectivity index (χ1) is 4.85. The highest BCUT2D eigenvalue weighted by atomic mass is 15.1. The van der Waals surface area contributed by atoms with Gasteiger partial charge in [0.1, 0.15) is 0 Å². The minimum Gasteiger partial charge on any atom is -0.314 e. The quantitative estimate of drug-likeness (QED) is 0.465. The monoisotopic (exact) mass is 117 g/mol. The summed E-state index contributed by atoms with van der Waals surface area (Å²) in [6.45, 7) is 2.39. The third-order valence-electron chi connectivity index (χ3n) is 1.15. The zero-order valence-electron chi connectivity index (χ0n) is 8.28. The van der Waals surface area contributed by atoms with Crippen LogP contribution >= 0.6 is 0 Å². The summed E-state index contributed by atoms with van der Waals surface area (Å²) in [5, 5.41) is 5.56. The maximum absolute atomic E-state index is 7.61. The van der Waals surface area contributed by atoms with Crippen molar-refractivity contribution in [3.8, 4) is 0 Å². The van der Waals surface area contributed by atoms with Gasteiger partial charge in [0.25, 0.3) is 0 Å². The lowest BCUT2D eigenvalue weighted by Gasteiger charge is -2.26. The van der Waals surface area contributed by atoms with Crippen molar-refractivity contribution >= 4 is 0 Å². The van der Waals surface area contributed by atoms with Crippen LogP contribution in [0.2, 0.25) is 0 Å². The lowest BCUT2D eigenvalue weighted by atomic mass is 10.2. The lowest BCUT2D eigenvalue weighted by molar-refractivity contribution is 0.370. The molecule has 2 nitrogen and oxygen atoms in total. The molecule has 0 aliphatic carbocycles. The Balaban J connectivity index is 2.72.